The second kappa shape index (κ2) is 13.9. The number of fused-ring (bicyclic) bond motifs is 1. The number of carbonyl (C=O) groups excluding carboxylic acids is 2. The molecule has 0 aliphatic heterocycles. The Morgan fingerprint density at radius 2 is 1.78 bits per heavy atom. The number of para-hydroxylation sites is 1. The number of hydrogen-bond donors (Lipinski definition) is 1. The van der Waals surface area contributed by atoms with Crippen molar-refractivity contribution in [3.63, 3.8) is 0 Å². The maximum atomic E-state index is 13.7. The van der Waals surface area contributed by atoms with E-state index >= 15 is 0 Å². The molecule has 0 fully saturated rings. The summed E-state index contributed by atoms with van der Waals surface area (Å²) in [4.78, 5) is 34.1. The van der Waals surface area contributed by atoms with Crippen LogP contribution in [0.1, 0.15) is 64.5 Å². The van der Waals surface area contributed by atoms with E-state index in [4.69, 9.17) is 23.2 Å². The number of benzene rings is 2. The summed E-state index contributed by atoms with van der Waals surface area (Å²) in [6, 6.07) is 13.6. The molecule has 7 heteroatoms. The van der Waals surface area contributed by atoms with Gasteiger partial charge in [0.2, 0.25) is 11.8 Å². The van der Waals surface area contributed by atoms with Crippen LogP contribution in [0.3, 0.4) is 0 Å². The van der Waals surface area contributed by atoms with Gasteiger partial charge in [-0.25, -0.2) is 0 Å². The Kier molecular flexibility index (Phi) is 10.9. The van der Waals surface area contributed by atoms with Gasteiger partial charge in [0.25, 0.3) is 0 Å². The molecular formula is C30H39Cl2N3O2. The summed E-state index contributed by atoms with van der Waals surface area (Å²) in [6.45, 7) is 9.12. The molecule has 200 valence electrons. The van der Waals surface area contributed by atoms with Crippen molar-refractivity contribution >= 4 is 45.9 Å². The van der Waals surface area contributed by atoms with Crippen LogP contribution in [0.5, 0.6) is 0 Å². The molecule has 5 nitrogen and oxygen atoms in total. The van der Waals surface area contributed by atoms with Gasteiger partial charge < -0.3 is 14.8 Å². The van der Waals surface area contributed by atoms with Gasteiger partial charge in [0, 0.05) is 42.1 Å². The lowest BCUT2D eigenvalue weighted by molar-refractivity contribution is -0.145. The number of hydrogen-bond acceptors (Lipinski definition) is 2. The third kappa shape index (κ3) is 7.75. The second-order valence-corrected chi connectivity index (χ2v) is 10.8. The topological polar surface area (TPSA) is 56.4 Å². The number of nitrogens with one attached hydrogen (secondary N) is 1. The highest BCUT2D eigenvalue weighted by Crippen LogP contribution is 2.24. The van der Waals surface area contributed by atoms with Crippen LogP contribution in [0.15, 0.2) is 48.7 Å². The second-order valence-electron chi connectivity index (χ2n) is 9.98. The van der Waals surface area contributed by atoms with Crippen molar-refractivity contribution in [2.45, 2.75) is 72.4 Å². The predicted molar refractivity (Wildman–Crippen MR) is 154 cm³/mol. The Labute approximate surface area is 231 Å². The molecular weight excluding hydrogens is 505 g/mol. The molecule has 0 aliphatic carbocycles. The maximum Gasteiger partial charge on any atom is 0.242 e. The van der Waals surface area contributed by atoms with Gasteiger partial charge in [-0.2, -0.15) is 0 Å². The highest BCUT2D eigenvalue weighted by Gasteiger charge is 2.28. The van der Waals surface area contributed by atoms with E-state index < -0.39 is 0 Å². The van der Waals surface area contributed by atoms with Crippen molar-refractivity contribution in [3.05, 3.63) is 69.8 Å². The molecule has 0 saturated heterocycles. The van der Waals surface area contributed by atoms with Crippen molar-refractivity contribution in [2.75, 3.05) is 13.1 Å². The van der Waals surface area contributed by atoms with Crippen molar-refractivity contribution in [2.24, 2.45) is 5.92 Å². The largest absolute Gasteiger partial charge is 0.361 e. The van der Waals surface area contributed by atoms with E-state index in [1.807, 2.05) is 49.2 Å². The average Bonchev–Trinajstić information content (AvgIpc) is 3.30. The zero-order valence-corrected chi connectivity index (χ0v) is 23.9. The van der Waals surface area contributed by atoms with E-state index in [-0.39, 0.29) is 30.3 Å². The Hall–Kier alpha value is -2.50. The zero-order chi connectivity index (χ0) is 26.9. The van der Waals surface area contributed by atoms with E-state index in [2.05, 4.69) is 24.9 Å². The van der Waals surface area contributed by atoms with Crippen molar-refractivity contribution in [1.82, 2.24) is 14.8 Å². The van der Waals surface area contributed by atoms with Gasteiger partial charge in [0.15, 0.2) is 0 Å². The number of halogens is 2. The number of nitrogens with zero attached hydrogens (tertiary/aromatic N) is 2. The molecule has 0 bridgehead atoms. The predicted octanol–water partition coefficient (Wildman–Crippen LogP) is 7.50. The third-order valence-electron chi connectivity index (χ3n) is 7.00. The molecule has 1 N–H and O–H groups in total. The fraction of sp³-hybridized carbons (Fsp3) is 0.467. The van der Waals surface area contributed by atoms with Crippen LogP contribution in [-0.2, 0) is 22.6 Å². The van der Waals surface area contributed by atoms with E-state index in [1.54, 1.807) is 17.0 Å². The molecule has 2 aromatic carbocycles. The number of H-pyrrole nitrogens is 1. The first-order chi connectivity index (χ1) is 17.7. The first-order valence-electron chi connectivity index (χ1n) is 13.3. The monoisotopic (exact) mass is 543 g/mol. The normalized spacial score (nSPS) is 12.2. The number of aromatic nitrogens is 1. The highest BCUT2D eigenvalue weighted by atomic mass is 35.5. The molecule has 1 unspecified atom stereocenters. The quantitative estimate of drug-likeness (QED) is 0.242. The standard InChI is InChI=1S/C30H39Cl2N3O2/c1-5-7-10-23(6-2)30(37)35(21(3)4)20-29(36)34(19-22-13-14-26(31)27(32)17-22)16-15-24-18-33-28-12-9-8-11-25(24)28/h8-9,11-14,17-18,21,23,33H,5-7,10,15-16,19-20H2,1-4H3. The van der Waals surface area contributed by atoms with Crippen molar-refractivity contribution < 1.29 is 9.59 Å². The first kappa shape index (κ1) is 29.1. The van der Waals surface area contributed by atoms with Gasteiger partial charge in [-0.3, -0.25) is 9.59 Å². The lowest BCUT2D eigenvalue weighted by Crippen LogP contribution is -2.48. The number of unbranched alkanes of at least 4 members (excludes halogenated alkanes) is 1. The minimum atomic E-state index is -0.0710. The summed E-state index contributed by atoms with van der Waals surface area (Å²) in [6.07, 6.45) is 6.41. The summed E-state index contributed by atoms with van der Waals surface area (Å²) >= 11 is 12.4. The summed E-state index contributed by atoms with van der Waals surface area (Å²) in [5.41, 5.74) is 3.14. The lowest BCUT2D eigenvalue weighted by Gasteiger charge is -2.32. The van der Waals surface area contributed by atoms with Gasteiger partial charge >= 0.3 is 0 Å². The van der Waals surface area contributed by atoms with Crippen LogP contribution >= 0.6 is 23.2 Å². The maximum absolute atomic E-state index is 13.7. The van der Waals surface area contributed by atoms with Crippen LogP contribution in [0.4, 0.5) is 0 Å². The third-order valence-corrected chi connectivity index (χ3v) is 7.74. The molecule has 2 amide bonds. The summed E-state index contributed by atoms with van der Waals surface area (Å²) in [7, 11) is 0. The van der Waals surface area contributed by atoms with Crippen LogP contribution in [0.2, 0.25) is 10.0 Å². The fourth-order valence-electron chi connectivity index (χ4n) is 4.69. The molecule has 0 saturated carbocycles. The molecule has 0 aliphatic rings. The van der Waals surface area contributed by atoms with Crippen LogP contribution in [0, 0.1) is 5.92 Å². The Bertz CT molecular complexity index is 1190. The minimum Gasteiger partial charge on any atom is -0.361 e. The lowest BCUT2D eigenvalue weighted by atomic mass is 9.97. The van der Waals surface area contributed by atoms with E-state index in [0.717, 1.165) is 47.7 Å². The van der Waals surface area contributed by atoms with Crippen molar-refractivity contribution in [3.8, 4) is 0 Å². The molecule has 0 radical (unpaired) electrons. The molecule has 3 rings (SSSR count). The number of aromatic amines is 1. The van der Waals surface area contributed by atoms with Crippen LogP contribution in [0.25, 0.3) is 10.9 Å². The summed E-state index contributed by atoms with van der Waals surface area (Å²) < 4.78 is 0. The Morgan fingerprint density at radius 1 is 1.03 bits per heavy atom. The smallest absolute Gasteiger partial charge is 0.242 e. The molecule has 1 atom stereocenters. The molecule has 3 aromatic rings. The summed E-state index contributed by atoms with van der Waals surface area (Å²) in [5.74, 6) is -0.0476. The average molecular weight is 545 g/mol. The molecule has 1 heterocycles. The van der Waals surface area contributed by atoms with Gasteiger partial charge in [0.05, 0.1) is 16.6 Å². The Balaban J connectivity index is 1.81. The first-order valence-corrected chi connectivity index (χ1v) is 14.1. The van der Waals surface area contributed by atoms with Gasteiger partial charge in [-0.15, -0.1) is 0 Å². The SMILES string of the molecule is CCCCC(CC)C(=O)N(CC(=O)N(CCc1c[nH]c2ccccc12)Cc1ccc(Cl)c(Cl)c1)C(C)C. The Morgan fingerprint density at radius 3 is 2.46 bits per heavy atom. The van der Waals surface area contributed by atoms with E-state index in [1.165, 1.54) is 0 Å². The van der Waals surface area contributed by atoms with Crippen LogP contribution in [-0.4, -0.2) is 45.7 Å². The van der Waals surface area contributed by atoms with E-state index in [0.29, 0.717) is 29.6 Å². The number of amides is 2. The van der Waals surface area contributed by atoms with Gasteiger partial charge in [-0.1, -0.05) is 74.2 Å². The number of rotatable bonds is 13. The zero-order valence-electron chi connectivity index (χ0n) is 22.4. The van der Waals surface area contributed by atoms with Gasteiger partial charge in [-0.05, 0) is 62.4 Å². The summed E-state index contributed by atoms with van der Waals surface area (Å²) in [5, 5.41) is 2.10. The van der Waals surface area contributed by atoms with Crippen molar-refractivity contribution in [1.29, 1.82) is 0 Å². The fourth-order valence-corrected chi connectivity index (χ4v) is 5.01. The van der Waals surface area contributed by atoms with Crippen LogP contribution < -0.4 is 0 Å². The molecule has 0 spiro atoms. The van der Waals surface area contributed by atoms with Gasteiger partial charge in [0.1, 0.15) is 0 Å². The van der Waals surface area contributed by atoms with E-state index in [9.17, 15) is 9.59 Å². The highest BCUT2D eigenvalue weighted by molar-refractivity contribution is 6.42. The minimum absolute atomic E-state index is 0.0510. The molecule has 1 aromatic heterocycles. The molecule has 37 heavy (non-hydrogen) atoms. The number of carbonyl (C=O) groups is 2.